The number of guanidine groups is 1. The van der Waals surface area contributed by atoms with E-state index in [9.17, 15) is 0 Å². The molecular weight excluding hydrogens is 282 g/mol. The maximum absolute atomic E-state index is 5.43. The van der Waals surface area contributed by atoms with Crippen LogP contribution in [0.2, 0.25) is 0 Å². The van der Waals surface area contributed by atoms with Crippen LogP contribution in [-0.2, 0) is 4.74 Å². The third-order valence-electron chi connectivity index (χ3n) is 3.36. The normalized spacial score (nSPS) is 15.8. The molecule has 22 heavy (non-hydrogen) atoms. The highest BCUT2D eigenvalue weighted by Gasteiger charge is 2.15. The van der Waals surface area contributed by atoms with Crippen LogP contribution in [-0.4, -0.2) is 58.5 Å². The maximum atomic E-state index is 5.43. The first-order chi connectivity index (χ1) is 10.8. The molecule has 1 aliphatic rings. The Morgan fingerprint density at radius 1 is 1.14 bits per heavy atom. The average Bonchev–Trinajstić information content (AvgIpc) is 2.57. The number of hydrogen-bond donors (Lipinski definition) is 4. The van der Waals surface area contributed by atoms with Gasteiger partial charge in [0.2, 0.25) is 5.96 Å². The summed E-state index contributed by atoms with van der Waals surface area (Å²) in [5.41, 5.74) is 13.9. The van der Waals surface area contributed by atoms with Gasteiger partial charge in [-0.3, -0.25) is 5.43 Å². The molecule has 1 fully saturated rings. The van der Waals surface area contributed by atoms with Gasteiger partial charge in [-0.05, 0) is 12.1 Å². The van der Waals surface area contributed by atoms with E-state index in [1.54, 1.807) is 12.2 Å². The first-order valence-electron chi connectivity index (χ1n) is 7.38. The Morgan fingerprint density at radius 3 is 2.45 bits per heavy atom. The molecule has 122 valence electrons. The van der Waals surface area contributed by atoms with Gasteiger partial charge < -0.3 is 9.64 Å². The smallest absolute Gasteiger partial charge is 0.243 e. The number of hydrazine groups is 3. The molecule has 4 N–H and O–H groups in total. The summed E-state index contributed by atoms with van der Waals surface area (Å²) in [4.78, 5) is 7.02. The summed E-state index contributed by atoms with van der Waals surface area (Å²) in [6, 6.07) is 8.11. The highest BCUT2D eigenvalue weighted by atomic mass is 16.5. The quantitative estimate of drug-likeness (QED) is 0.341. The number of morpholine rings is 1. The van der Waals surface area contributed by atoms with Crippen molar-refractivity contribution in [3.63, 3.8) is 0 Å². The van der Waals surface area contributed by atoms with Crippen LogP contribution in [0, 0.1) is 0 Å². The predicted octanol–water partition coefficient (Wildman–Crippen LogP) is -0.194. The second-order valence-corrected chi connectivity index (χ2v) is 4.68. The van der Waals surface area contributed by atoms with Crippen LogP contribution < -0.4 is 26.6 Å². The van der Waals surface area contributed by atoms with E-state index >= 15 is 0 Å². The third kappa shape index (κ3) is 4.08. The Morgan fingerprint density at radius 2 is 1.82 bits per heavy atom. The van der Waals surface area contributed by atoms with Crippen molar-refractivity contribution in [2.75, 3.05) is 52.3 Å². The topological polar surface area (TPSA) is 76.2 Å². The van der Waals surface area contributed by atoms with E-state index in [4.69, 9.17) is 9.73 Å². The van der Waals surface area contributed by atoms with Crippen molar-refractivity contribution in [1.29, 1.82) is 0 Å². The standard InChI is InChI=1S/C14H25N7O/c1-15-19-14(21(16-2)17-3)18-12-6-4-5-7-13(12)20-8-10-22-11-9-20/h4-7,15-17H,8-11H2,1-3H3,(H,18,19). The summed E-state index contributed by atoms with van der Waals surface area (Å²) < 4.78 is 5.43. The molecule has 1 aromatic rings. The monoisotopic (exact) mass is 307 g/mol. The minimum absolute atomic E-state index is 0.619. The largest absolute Gasteiger partial charge is 0.378 e. The SMILES string of the molecule is CNNC(=Nc1ccccc1N1CCOCC1)N(NC)NC. The van der Waals surface area contributed by atoms with E-state index < -0.39 is 0 Å². The number of nitrogens with one attached hydrogen (secondary N) is 4. The van der Waals surface area contributed by atoms with Crippen LogP contribution in [0.25, 0.3) is 0 Å². The summed E-state index contributed by atoms with van der Waals surface area (Å²) in [7, 11) is 5.43. The lowest BCUT2D eigenvalue weighted by atomic mass is 10.2. The van der Waals surface area contributed by atoms with Crippen LogP contribution in [0.15, 0.2) is 29.3 Å². The van der Waals surface area contributed by atoms with Gasteiger partial charge in [0, 0.05) is 34.2 Å². The van der Waals surface area contributed by atoms with Crippen molar-refractivity contribution < 1.29 is 4.74 Å². The van der Waals surface area contributed by atoms with E-state index in [0.717, 1.165) is 37.7 Å². The van der Waals surface area contributed by atoms with Gasteiger partial charge in [0.25, 0.3) is 0 Å². The lowest BCUT2D eigenvalue weighted by Gasteiger charge is -2.30. The number of rotatable bonds is 5. The molecule has 0 unspecified atom stereocenters. The van der Waals surface area contributed by atoms with Crippen LogP contribution in [0.4, 0.5) is 11.4 Å². The molecule has 0 bridgehead atoms. The number of hydrogen-bond acceptors (Lipinski definition) is 6. The number of anilines is 1. The number of benzene rings is 1. The van der Waals surface area contributed by atoms with E-state index in [-0.39, 0.29) is 0 Å². The fourth-order valence-electron chi connectivity index (χ4n) is 2.31. The minimum Gasteiger partial charge on any atom is -0.378 e. The molecule has 0 radical (unpaired) electrons. The molecule has 8 nitrogen and oxygen atoms in total. The summed E-state index contributed by atoms with van der Waals surface area (Å²) in [6.07, 6.45) is 0. The van der Waals surface area contributed by atoms with Gasteiger partial charge >= 0.3 is 0 Å². The van der Waals surface area contributed by atoms with Crippen LogP contribution in [0.3, 0.4) is 0 Å². The molecule has 2 rings (SSSR count). The number of para-hydroxylation sites is 2. The lowest BCUT2D eigenvalue weighted by Crippen LogP contribution is -2.56. The Labute approximate surface area is 131 Å². The van der Waals surface area contributed by atoms with E-state index in [2.05, 4.69) is 32.7 Å². The molecule has 0 spiro atoms. The molecule has 0 aliphatic carbocycles. The Balaban J connectivity index is 2.30. The van der Waals surface area contributed by atoms with E-state index in [1.165, 1.54) is 0 Å². The maximum Gasteiger partial charge on any atom is 0.243 e. The number of nitrogens with zero attached hydrogens (tertiary/aromatic N) is 3. The molecule has 0 saturated carbocycles. The first kappa shape index (κ1) is 16.5. The molecule has 0 aromatic heterocycles. The van der Waals surface area contributed by atoms with Gasteiger partial charge in [-0.15, -0.1) is 0 Å². The van der Waals surface area contributed by atoms with Crippen molar-refractivity contribution in [3.8, 4) is 0 Å². The van der Waals surface area contributed by atoms with E-state index in [0.29, 0.717) is 5.96 Å². The zero-order chi connectivity index (χ0) is 15.8. The molecular formula is C14H25N7O. The van der Waals surface area contributed by atoms with Crippen molar-refractivity contribution in [2.45, 2.75) is 0 Å². The van der Waals surface area contributed by atoms with Crippen LogP contribution in [0.1, 0.15) is 0 Å². The van der Waals surface area contributed by atoms with Gasteiger partial charge in [-0.25, -0.2) is 26.4 Å². The zero-order valence-corrected chi connectivity index (χ0v) is 13.4. The number of aliphatic imine (C=N–C) groups is 1. The molecule has 1 saturated heterocycles. The van der Waals surface area contributed by atoms with Crippen molar-refractivity contribution >= 4 is 17.3 Å². The zero-order valence-electron chi connectivity index (χ0n) is 13.4. The van der Waals surface area contributed by atoms with Gasteiger partial charge in [-0.1, -0.05) is 12.1 Å². The predicted molar refractivity (Wildman–Crippen MR) is 88.7 cm³/mol. The highest BCUT2D eigenvalue weighted by Crippen LogP contribution is 2.29. The van der Waals surface area contributed by atoms with Gasteiger partial charge in [-0.2, -0.15) is 0 Å². The van der Waals surface area contributed by atoms with E-state index in [1.807, 2.05) is 32.3 Å². The lowest BCUT2D eigenvalue weighted by molar-refractivity contribution is 0.123. The summed E-state index contributed by atoms with van der Waals surface area (Å²) in [6.45, 7) is 3.25. The first-order valence-corrected chi connectivity index (χ1v) is 7.38. The number of ether oxygens (including phenoxy) is 1. The van der Waals surface area contributed by atoms with Crippen molar-refractivity contribution in [2.24, 2.45) is 4.99 Å². The van der Waals surface area contributed by atoms with Crippen LogP contribution in [0.5, 0.6) is 0 Å². The summed E-state index contributed by atoms with van der Waals surface area (Å²) in [5, 5.41) is 1.69. The Kier molecular flexibility index (Phi) is 6.41. The second-order valence-electron chi connectivity index (χ2n) is 4.68. The van der Waals surface area contributed by atoms with Crippen molar-refractivity contribution in [1.82, 2.24) is 26.8 Å². The van der Waals surface area contributed by atoms with Gasteiger partial charge in [0.15, 0.2) is 0 Å². The molecule has 1 aromatic carbocycles. The molecule has 1 aliphatic heterocycles. The van der Waals surface area contributed by atoms with Crippen molar-refractivity contribution in [3.05, 3.63) is 24.3 Å². The molecule has 0 amide bonds. The highest BCUT2D eigenvalue weighted by molar-refractivity contribution is 5.84. The minimum atomic E-state index is 0.619. The molecule has 1 heterocycles. The summed E-state index contributed by atoms with van der Waals surface area (Å²) >= 11 is 0. The van der Waals surface area contributed by atoms with Crippen LogP contribution >= 0.6 is 0 Å². The van der Waals surface area contributed by atoms with Gasteiger partial charge in [0.1, 0.15) is 0 Å². The third-order valence-corrected chi connectivity index (χ3v) is 3.36. The Bertz CT molecular complexity index is 484. The summed E-state index contributed by atoms with van der Waals surface area (Å²) in [5.74, 6) is 0.619. The molecule has 8 heteroatoms. The molecule has 0 atom stereocenters. The average molecular weight is 307 g/mol. The fourth-order valence-corrected chi connectivity index (χ4v) is 2.31. The fraction of sp³-hybridized carbons (Fsp3) is 0.500. The van der Waals surface area contributed by atoms with Gasteiger partial charge in [0.05, 0.1) is 24.6 Å². The second kappa shape index (κ2) is 8.54. The Hall–Kier alpha value is -1.87.